The third-order valence-electron chi connectivity index (χ3n) is 3.58. The molecule has 0 fully saturated rings. The van der Waals surface area contributed by atoms with Crippen LogP contribution in [0.5, 0.6) is 0 Å². The number of ether oxygens (including phenoxy) is 1. The predicted molar refractivity (Wildman–Crippen MR) is 104 cm³/mol. The van der Waals surface area contributed by atoms with Crippen LogP contribution < -0.4 is 9.62 Å². The molecule has 0 aromatic heterocycles. The topological polar surface area (TPSA) is 113 Å². The van der Waals surface area contributed by atoms with Crippen molar-refractivity contribution in [1.29, 1.82) is 0 Å². The Morgan fingerprint density at radius 1 is 1.11 bits per heavy atom. The summed E-state index contributed by atoms with van der Waals surface area (Å²) in [5.41, 5.74) is 0.208. The highest BCUT2D eigenvalue weighted by Crippen LogP contribution is 2.21. The van der Waals surface area contributed by atoms with Gasteiger partial charge in [0.15, 0.2) is 0 Å². The Balaban J connectivity index is 2.88. The number of amides is 1. The second-order valence-corrected chi connectivity index (χ2v) is 10.0. The van der Waals surface area contributed by atoms with Gasteiger partial charge < -0.3 is 10.1 Å². The van der Waals surface area contributed by atoms with E-state index < -0.39 is 32.5 Å². The molecule has 0 spiro atoms. The van der Waals surface area contributed by atoms with Crippen molar-refractivity contribution in [1.82, 2.24) is 9.62 Å². The number of hydrogen-bond acceptors (Lipinski definition) is 6. The molecule has 0 unspecified atom stereocenters. The van der Waals surface area contributed by atoms with Crippen molar-refractivity contribution in [3.8, 4) is 0 Å². The van der Waals surface area contributed by atoms with Crippen LogP contribution in [0.15, 0.2) is 29.2 Å². The van der Waals surface area contributed by atoms with Crippen LogP contribution in [-0.4, -0.2) is 73.7 Å². The van der Waals surface area contributed by atoms with Crippen molar-refractivity contribution >= 4 is 31.6 Å². The smallest absolute Gasteiger partial charge is 0.242 e. The molecule has 1 N–H and O–H groups in total. The third-order valence-corrected chi connectivity index (χ3v) is 6.55. The van der Waals surface area contributed by atoms with Gasteiger partial charge in [-0.1, -0.05) is 0 Å². The fourth-order valence-corrected chi connectivity index (χ4v) is 3.89. The normalized spacial score (nSPS) is 12.2. The maximum atomic E-state index is 12.1. The summed E-state index contributed by atoms with van der Waals surface area (Å²) in [4.78, 5) is 12.1. The number of nitrogens with zero attached hydrogens (tertiary/aromatic N) is 2. The fraction of sp³-hybridized carbons (Fsp3) is 0.562. The van der Waals surface area contributed by atoms with E-state index in [1.165, 1.54) is 38.4 Å². The Bertz CT molecular complexity index is 820. The molecule has 11 heteroatoms. The first-order valence-corrected chi connectivity index (χ1v) is 11.6. The van der Waals surface area contributed by atoms with Gasteiger partial charge in [-0.25, -0.2) is 21.1 Å². The van der Waals surface area contributed by atoms with Gasteiger partial charge in [0, 0.05) is 33.9 Å². The third kappa shape index (κ3) is 7.09. The number of rotatable bonds is 11. The van der Waals surface area contributed by atoms with E-state index in [1.54, 1.807) is 0 Å². The summed E-state index contributed by atoms with van der Waals surface area (Å²) >= 11 is 0. The summed E-state index contributed by atoms with van der Waals surface area (Å²) in [5.74, 6) is -0.457. The van der Waals surface area contributed by atoms with Gasteiger partial charge in [0.2, 0.25) is 26.0 Å². The molecule has 0 bridgehead atoms. The summed E-state index contributed by atoms with van der Waals surface area (Å²) in [5, 5.41) is 2.64. The molecule has 0 saturated heterocycles. The molecule has 0 radical (unpaired) electrons. The molecular weight excluding hydrogens is 394 g/mol. The maximum Gasteiger partial charge on any atom is 0.242 e. The SMILES string of the molecule is CCOCCCNC(=O)CN(c1ccc(S(=O)(=O)N(C)C)cc1)S(C)(=O)=O. The fourth-order valence-electron chi connectivity index (χ4n) is 2.13. The van der Waals surface area contributed by atoms with E-state index >= 15 is 0 Å². The summed E-state index contributed by atoms with van der Waals surface area (Å²) in [6, 6.07) is 5.34. The highest BCUT2D eigenvalue weighted by atomic mass is 32.2. The van der Waals surface area contributed by atoms with Crippen molar-refractivity contribution in [3.63, 3.8) is 0 Å². The Kier molecular flexibility index (Phi) is 8.66. The van der Waals surface area contributed by atoms with Crippen molar-refractivity contribution in [2.45, 2.75) is 18.2 Å². The van der Waals surface area contributed by atoms with E-state index in [4.69, 9.17) is 4.74 Å². The van der Waals surface area contributed by atoms with Gasteiger partial charge >= 0.3 is 0 Å². The first-order chi connectivity index (χ1) is 12.5. The predicted octanol–water partition coefficient (Wildman–Crippen LogP) is 0.246. The first kappa shape index (κ1) is 23.3. The lowest BCUT2D eigenvalue weighted by atomic mass is 10.3. The minimum absolute atomic E-state index is 0.0325. The minimum Gasteiger partial charge on any atom is -0.382 e. The van der Waals surface area contributed by atoms with Crippen LogP contribution in [0.4, 0.5) is 5.69 Å². The number of nitrogens with one attached hydrogen (secondary N) is 1. The van der Waals surface area contributed by atoms with Gasteiger partial charge in [0.05, 0.1) is 16.8 Å². The van der Waals surface area contributed by atoms with Gasteiger partial charge in [0.1, 0.15) is 6.54 Å². The zero-order valence-corrected chi connectivity index (χ0v) is 17.6. The molecule has 0 heterocycles. The Labute approximate surface area is 161 Å². The van der Waals surface area contributed by atoms with Crippen molar-refractivity contribution < 1.29 is 26.4 Å². The molecule has 154 valence electrons. The Hall–Kier alpha value is -1.69. The van der Waals surface area contributed by atoms with Crippen molar-refractivity contribution in [3.05, 3.63) is 24.3 Å². The number of carbonyl (C=O) groups excluding carboxylic acids is 1. The molecule has 1 rings (SSSR count). The van der Waals surface area contributed by atoms with E-state index in [1.807, 2.05) is 6.92 Å². The highest BCUT2D eigenvalue weighted by Gasteiger charge is 2.22. The quantitative estimate of drug-likeness (QED) is 0.512. The lowest BCUT2D eigenvalue weighted by Crippen LogP contribution is -2.40. The van der Waals surface area contributed by atoms with E-state index in [0.29, 0.717) is 26.2 Å². The highest BCUT2D eigenvalue weighted by molar-refractivity contribution is 7.92. The van der Waals surface area contributed by atoms with Gasteiger partial charge in [-0.3, -0.25) is 9.10 Å². The van der Waals surface area contributed by atoms with Gasteiger partial charge in [-0.2, -0.15) is 0 Å². The Morgan fingerprint density at radius 2 is 1.70 bits per heavy atom. The van der Waals surface area contributed by atoms with Gasteiger partial charge in [0.25, 0.3) is 0 Å². The van der Waals surface area contributed by atoms with Crippen LogP contribution >= 0.6 is 0 Å². The lowest BCUT2D eigenvalue weighted by molar-refractivity contribution is -0.119. The summed E-state index contributed by atoms with van der Waals surface area (Å²) < 4.78 is 55.5. The van der Waals surface area contributed by atoms with E-state index in [9.17, 15) is 21.6 Å². The number of sulfonamides is 2. The van der Waals surface area contributed by atoms with E-state index in [-0.39, 0.29) is 10.6 Å². The number of anilines is 1. The van der Waals surface area contributed by atoms with Gasteiger partial charge in [-0.05, 0) is 37.6 Å². The monoisotopic (exact) mass is 421 g/mol. The first-order valence-electron chi connectivity index (χ1n) is 8.35. The van der Waals surface area contributed by atoms with E-state index in [0.717, 1.165) is 14.9 Å². The summed E-state index contributed by atoms with van der Waals surface area (Å²) in [6.45, 7) is 2.95. The van der Waals surface area contributed by atoms with Crippen LogP contribution in [-0.2, 0) is 29.6 Å². The van der Waals surface area contributed by atoms with Crippen molar-refractivity contribution in [2.75, 3.05) is 51.0 Å². The second-order valence-electron chi connectivity index (χ2n) is 5.95. The van der Waals surface area contributed by atoms with Crippen LogP contribution in [0.25, 0.3) is 0 Å². The molecule has 27 heavy (non-hydrogen) atoms. The lowest BCUT2D eigenvalue weighted by Gasteiger charge is -2.22. The molecule has 0 saturated carbocycles. The van der Waals surface area contributed by atoms with Crippen LogP contribution in [0, 0.1) is 0 Å². The standard InChI is InChI=1S/C16H27N3O6S2/c1-5-25-12-6-11-17-16(20)13-19(26(4,21)22)14-7-9-15(10-8-14)27(23,24)18(2)3/h7-10H,5-6,11-13H2,1-4H3,(H,17,20). The molecule has 1 aromatic carbocycles. The maximum absolute atomic E-state index is 12.1. The molecule has 1 amide bonds. The number of benzene rings is 1. The second kappa shape index (κ2) is 10.0. The molecule has 0 aliphatic heterocycles. The molecule has 0 atom stereocenters. The average Bonchev–Trinajstić information content (AvgIpc) is 2.58. The summed E-state index contributed by atoms with van der Waals surface area (Å²) in [7, 11) is -4.54. The Morgan fingerprint density at radius 3 is 2.19 bits per heavy atom. The number of carbonyl (C=O) groups is 1. The van der Waals surface area contributed by atoms with E-state index in [2.05, 4.69) is 5.32 Å². The molecule has 0 aliphatic rings. The summed E-state index contributed by atoms with van der Waals surface area (Å²) in [6.07, 6.45) is 1.61. The molecule has 1 aromatic rings. The zero-order chi connectivity index (χ0) is 20.7. The molecular formula is C16H27N3O6S2. The molecule has 9 nitrogen and oxygen atoms in total. The van der Waals surface area contributed by atoms with Gasteiger partial charge in [-0.15, -0.1) is 0 Å². The number of hydrogen-bond donors (Lipinski definition) is 1. The van der Waals surface area contributed by atoms with Crippen molar-refractivity contribution in [2.24, 2.45) is 0 Å². The largest absolute Gasteiger partial charge is 0.382 e. The van der Waals surface area contributed by atoms with Crippen LogP contribution in [0.2, 0.25) is 0 Å². The van der Waals surface area contributed by atoms with Crippen LogP contribution in [0.1, 0.15) is 13.3 Å². The zero-order valence-electron chi connectivity index (χ0n) is 16.0. The molecule has 0 aliphatic carbocycles. The average molecular weight is 422 g/mol. The van der Waals surface area contributed by atoms with Crippen LogP contribution in [0.3, 0.4) is 0 Å². The minimum atomic E-state index is -3.73.